The van der Waals surface area contributed by atoms with Crippen molar-refractivity contribution in [1.82, 2.24) is 0 Å². The smallest absolute Gasteiger partial charge is 0.121 e. The molecule has 1 aliphatic rings. The van der Waals surface area contributed by atoms with Crippen LogP contribution < -0.4 is 4.74 Å². The quantitative estimate of drug-likeness (QED) is 0.829. The standard InChI is InChI=1S/C19H19NO/c20-15-19(16-9-3-1-4-10-16)14-8-7-13-18(19)21-17-11-5-2-6-12-17/h1-6,9-12,18H,7-8,13-14H2. The van der Waals surface area contributed by atoms with Gasteiger partial charge in [-0.15, -0.1) is 0 Å². The van der Waals surface area contributed by atoms with Crippen molar-refractivity contribution in [2.75, 3.05) is 0 Å². The number of para-hydroxylation sites is 1. The Morgan fingerprint density at radius 3 is 2.29 bits per heavy atom. The van der Waals surface area contributed by atoms with Gasteiger partial charge >= 0.3 is 0 Å². The fourth-order valence-corrected chi connectivity index (χ4v) is 3.22. The van der Waals surface area contributed by atoms with E-state index in [1.807, 2.05) is 48.5 Å². The van der Waals surface area contributed by atoms with Gasteiger partial charge in [0.25, 0.3) is 0 Å². The number of nitriles is 1. The van der Waals surface area contributed by atoms with E-state index in [0.29, 0.717) is 0 Å². The lowest BCUT2D eigenvalue weighted by Crippen LogP contribution is -2.44. The van der Waals surface area contributed by atoms with Gasteiger partial charge in [-0.1, -0.05) is 55.0 Å². The fraction of sp³-hybridized carbons (Fsp3) is 0.316. The molecule has 0 heterocycles. The molecule has 2 aromatic carbocycles. The summed E-state index contributed by atoms with van der Waals surface area (Å²) in [6.45, 7) is 0. The molecule has 0 N–H and O–H groups in total. The van der Waals surface area contributed by atoms with Crippen LogP contribution in [-0.2, 0) is 5.41 Å². The van der Waals surface area contributed by atoms with Gasteiger partial charge in [0.1, 0.15) is 17.3 Å². The Hall–Kier alpha value is -2.27. The van der Waals surface area contributed by atoms with E-state index in [-0.39, 0.29) is 6.10 Å². The minimum atomic E-state index is -0.532. The Bertz CT molecular complexity index is 617. The monoisotopic (exact) mass is 277 g/mol. The molecule has 2 atom stereocenters. The van der Waals surface area contributed by atoms with Crippen LogP contribution in [0.15, 0.2) is 60.7 Å². The van der Waals surface area contributed by atoms with E-state index >= 15 is 0 Å². The highest BCUT2D eigenvalue weighted by Crippen LogP contribution is 2.41. The summed E-state index contributed by atoms with van der Waals surface area (Å²) in [6, 6.07) is 22.5. The van der Waals surface area contributed by atoms with E-state index in [1.165, 1.54) is 0 Å². The minimum absolute atomic E-state index is 0.0824. The van der Waals surface area contributed by atoms with Gasteiger partial charge in [-0.05, 0) is 37.0 Å². The third kappa shape index (κ3) is 2.64. The number of hydrogen-bond donors (Lipinski definition) is 0. The zero-order valence-electron chi connectivity index (χ0n) is 12.0. The lowest BCUT2D eigenvalue weighted by Gasteiger charge is -2.39. The molecule has 0 spiro atoms. The molecule has 3 rings (SSSR count). The van der Waals surface area contributed by atoms with Gasteiger partial charge in [-0.3, -0.25) is 0 Å². The van der Waals surface area contributed by atoms with Crippen LogP contribution >= 0.6 is 0 Å². The Labute approximate surface area is 126 Å². The average Bonchev–Trinajstić information content (AvgIpc) is 2.57. The van der Waals surface area contributed by atoms with E-state index in [4.69, 9.17) is 4.74 Å². The Kier molecular flexibility index (Phi) is 3.92. The summed E-state index contributed by atoms with van der Waals surface area (Å²) in [6.07, 6.45) is 3.91. The first-order valence-corrected chi connectivity index (χ1v) is 7.54. The van der Waals surface area contributed by atoms with Crippen LogP contribution in [0, 0.1) is 11.3 Å². The maximum absolute atomic E-state index is 9.91. The van der Waals surface area contributed by atoms with Gasteiger partial charge in [0.05, 0.1) is 6.07 Å². The molecule has 0 amide bonds. The maximum Gasteiger partial charge on any atom is 0.121 e. The molecule has 0 bridgehead atoms. The van der Waals surface area contributed by atoms with Crippen LogP contribution in [-0.4, -0.2) is 6.10 Å². The van der Waals surface area contributed by atoms with Crippen LogP contribution in [0.5, 0.6) is 5.75 Å². The molecule has 21 heavy (non-hydrogen) atoms. The van der Waals surface area contributed by atoms with E-state index in [9.17, 15) is 5.26 Å². The first-order valence-electron chi connectivity index (χ1n) is 7.54. The molecule has 2 heteroatoms. The van der Waals surface area contributed by atoms with Crippen molar-refractivity contribution in [2.45, 2.75) is 37.2 Å². The van der Waals surface area contributed by atoms with Crippen molar-refractivity contribution in [3.63, 3.8) is 0 Å². The topological polar surface area (TPSA) is 33.0 Å². The molecular formula is C19H19NO. The minimum Gasteiger partial charge on any atom is -0.488 e. The largest absolute Gasteiger partial charge is 0.488 e. The average molecular weight is 277 g/mol. The van der Waals surface area contributed by atoms with Crippen LogP contribution in [0.25, 0.3) is 0 Å². The zero-order chi connectivity index (χ0) is 14.5. The summed E-state index contributed by atoms with van der Waals surface area (Å²) in [5, 5.41) is 9.91. The number of benzene rings is 2. The molecule has 0 aliphatic heterocycles. The third-order valence-electron chi connectivity index (χ3n) is 4.35. The lowest BCUT2D eigenvalue weighted by molar-refractivity contribution is 0.0947. The second-order valence-electron chi connectivity index (χ2n) is 5.61. The van der Waals surface area contributed by atoms with Crippen molar-refractivity contribution >= 4 is 0 Å². The van der Waals surface area contributed by atoms with Crippen molar-refractivity contribution < 1.29 is 4.74 Å². The highest BCUT2D eigenvalue weighted by atomic mass is 16.5. The van der Waals surface area contributed by atoms with E-state index in [2.05, 4.69) is 18.2 Å². The van der Waals surface area contributed by atoms with Gasteiger partial charge in [-0.2, -0.15) is 5.26 Å². The Balaban J connectivity index is 1.95. The second-order valence-corrected chi connectivity index (χ2v) is 5.61. The van der Waals surface area contributed by atoms with Gasteiger partial charge in [0.15, 0.2) is 0 Å². The number of hydrogen-bond acceptors (Lipinski definition) is 2. The normalized spacial score (nSPS) is 25.0. The predicted octanol–water partition coefficient (Wildman–Crippen LogP) is 4.47. The van der Waals surface area contributed by atoms with Gasteiger partial charge in [-0.25, -0.2) is 0 Å². The van der Waals surface area contributed by atoms with Gasteiger partial charge in [0, 0.05) is 0 Å². The molecule has 0 saturated heterocycles. The zero-order valence-corrected chi connectivity index (χ0v) is 12.0. The molecule has 1 fully saturated rings. The lowest BCUT2D eigenvalue weighted by atomic mass is 9.68. The first-order chi connectivity index (χ1) is 10.3. The molecule has 106 valence electrons. The highest BCUT2D eigenvalue weighted by Gasteiger charge is 2.44. The summed E-state index contributed by atoms with van der Waals surface area (Å²) in [5.74, 6) is 0.847. The SMILES string of the molecule is N#CC1(c2ccccc2)CCCCC1Oc1ccccc1. The number of rotatable bonds is 3. The van der Waals surface area contributed by atoms with Crippen molar-refractivity contribution in [2.24, 2.45) is 0 Å². The predicted molar refractivity (Wildman–Crippen MR) is 83.1 cm³/mol. The molecule has 2 unspecified atom stereocenters. The Morgan fingerprint density at radius 1 is 0.952 bits per heavy atom. The third-order valence-corrected chi connectivity index (χ3v) is 4.35. The summed E-state index contributed by atoms with van der Waals surface area (Å²) < 4.78 is 6.19. The fourth-order valence-electron chi connectivity index (χ4n) is 3.22. The molecule has 1 aliphatic carbocycles. The molecule has 1 saturated carbocycles. The summed E-state index contributed by atoms with van der Waals surface area (Å²) in [4.78, 5) is 0. The molecular weight excluding hydrogens is 258 g/mol. The van der Waals surface area contributed by atoms with E-state index in [0.717, 1.165) is 37.0 Å². The summed E-state index contributed by atoms with van der Waals surface area (Å²) in [5.41, 5.74) is 0.545. The van der Waals surface area contributed by atoms with E-state index in [1.54, 1.807) is 0 Å². The van der Waals surface area contributed by atoms with Gasteiger partial charge < -0.3 is 4.74 Å². The van der Waals surface area contributed by atoms with Crippen molar-refractivity contribution in [3.05, 3.63) is 66.2 Å². The van der Waals surface area contributed by atoms with Gasteiger partial charge in [0.2, 0.25) is 0 Å². The molecule has 0 radical (unpaired) electrons. The van der Waals surface area contributed by atoms with Crippen LogP contribution in [0.2, 0.25) is 0 Å². The second kappa shape index (κ2) is 6.01. The van der Waals surface area contributed by atoms with E-state index < -0.39 is 5.41 Å². The molecule has 2 aromatic rings. The summed E-state index contributed by atoms with van der Waals surface area (Å²) in [7, 11) is 0. The number of nitrogens with zero attached hydrogens (tertiary/aromatic N) is 1. The number of ether oxygens (including phenoxy) is 1. The van der Waals surface area contributed by atoms with Crippen LogP contribution in [0.1, 0.15) is 31.2 Å². The first kappa shape index (κ1) is 13.7. The van der Waals surface area contributed by atoms with Crippen molar-refractivity contribution in [3.8, 4) is 11.8 Å². The Morgan fingerprint density at radius 2 is 1.62 bits per heavy atom. The van der Waals surface area contributed by atoms with Crippen LogP contribution in [0.4, 0.5) is 0 Å². The summed E-state index contributed by atoms with van der Waals surface area (Å²) >= 11 is 0. The van der Waals surface area contributed by atoms with Crippen molar-refractivity contribution in [1.29, 1.82) is 5.26 Å². The van der Waals surface area contributed by atoms with Crippen LogP contribution in [0.3, 0.4) is 0 Å². The maximum atomic E-state index is 9.91. The highest BCUT2D eigenvalue weighted by molar-refractivity contribution is 5.36. The molecule has 2 nitrogen and oxygen atoms in total. The molecule has 0 aromatic heterocycles.